The molecule has 1 aromatic rings. The van der Waals surface area contributed by atoms with Gasteiger partial charge in [0, 0.05) is 17.4 Å². The molecule has 0 radical (unpaired) electrons. The fourth-order valence-corrected chi connectivity index (χ4v) is 3.61. The van der Waals surface area contributed by atoms with Crippen LogP contribution in [0.15, 0.2) is 11.0 Å². The highest BCUT2D eigenvalue weighted by molar-refractivity contribution is 8.00. The van der Waals surface area contributed by atoms with E-state index in [-0.39, 0.29) is 23.6 Å². The Labute approximate surface area is 118 Å². The molecule has 5 nitrogen and oxygen atoms in total. The van der Waals surface area contributed by atoms with Crippen molar-refractivity contribution in [2.24, 2.45) is 0 Å². The fraction of sp³-hybridized carbons (Fsp3) is 0.615. The minimum Gasteiger partial charge on any atom is -0.494 e. The molecule has 0 fully saturated rings. The number of aromatic hydroxyl groups is 2. The Morgan fingerprint density at radius 2 is 2.11 bits per heavy atom. The molecule has 3 N–H and O–H groups in total. The van der Waals surface area contributed by atoms with Crippen molar-refractivity contribution in [1.29, 1.82) is 0 Å². The Morgan fingerprint density at radius 1 is 1.53 bits per heavy atom. The number of nitrogens with one attached hydrogen (secondary N) is 1. The van der Waals surface area contributed by atoms with Crippen LogP contribution in [0.3, 0.4) is 0 Å². The number of hydrogen-bond donors (Lipinski definition) is 3. The number of thioether (sulfide) groups is 1. The third-order valence-corrected chi connectivity index (χ3v) is 4.37. The van der Waals surface area contributed by atoms with Crippen molar-refractivity contribution in [3.8, 4) is 11.8 Å². The topological polar surface area (TPSA) is 74.5 Å². The number of hydrogen-bond acceptors (Lipinski definition) is 5. The third kappa shape index (κ3) is 3.25. The van der Waals surface area contributed by atoms with E-state index >= 15 is 0 Å². The van der Waals surface area contributed by atoms with E-state index in [0.717, 1.165) is 0 Å². The van der Waals surface area contributed by atoms with Gasteiger partial charge in [0.25, 0.3) is 0 Å². The maximum absolute atomic E-state index is 11.6. The van der Waals surface area contributed by atoms with E-state index in [1.165, 1.54) is 29.3 Å². The number of nitrogens with zero attached hydrogens (tertiary/aromatic N) is 1. The second-order valence-electron chi connectivity index (χ2n) is 4.97. The smallest absolute Gasteiger partial charge is 0.208 e. The summed E-state index contributed by atoms with van der Waals surface area (Å²) in [6.07, 6.45) is 0. The molecule has 0 aliphatic heterocycles. The van der Waals surface area contributed by atoms with Gasteiger partial charge in [-0.1, -0.05) is 0 Å². The van der Waals surface area contributed by atoms with E-state index in [1.807, 2.05) is 20.8 Å². The lowest BCUT2D eigenvalue weighted by atomic mass is 10.00. The number of ketones is 1. The van der Waals surface area contributed by atoms with E-state index in [4.69, 9.17) is 0 Å². The first kappa shape index (κ1) is 15.9. The molecule has 1 rings (SSSR count). The first-order valence-electron chi connectivity index (χ1n) is 6.22. The molecule has 0 saturated carbocycles. The minimum absolute atomic E-state index is 0.0298. The Balaban J connectivity index is 3.04. The maximum Gasteiger partial charge on any atom is 0.208 e. The SMILES string of the molecule is CCn1c(O)cc(SC(C)(C)C(NC)C(C)=O)c1O. The highest BCUT2D eigenvalue weighted by Gasteiger charge is 2.34. The van der Waals surface area contributed by atoms with E-state index in [0.29, 0.717) is 11.4 Å². The summed E-state index contributed by atoms with van der Waals surface area (Å²) in [6, 6.07) is 1.20. The molecular weight excluding hydrogens is 264 g/mol. The maximum atomic E-state index is 11.6. The van der Waals surface area contributed by atoms with Gasteiger partial charge >= 0.3 is 0 Å². The van der Waals surface area contributed by atoms with E-state index in [1.54, 1.807) is 7.05 Å². The van der Waals surface area contributed by atoms with E-state index < -0.39 is 4.75 Å². The highest BCUT2D eigenvalue weighted by Crippen LogP contribution is 2.43. The van der Waals surface area contributed by atoms with Crippen LogP contribution in [0, 0.1) is 0 Å². The van der Waals surface area contributed by atoms with Gasteiger partial charge in [0.05, 0.1) is 10.9 Å². The van der Waals surface area contributed by atoms with Crippen LogP contribution in [0.1, 0.15) is 27.7 Å². The van der Waals surface area contributed by atoms with Crippen LogP contribution < -0.4 is 5.32 Å². The number of Topliss-reactive ketones (excluding diaryl/α,β-unsaturated/α-hetero) is 1. The Kier molecular flexibility index (Phi) is 4.92. The molecule has 6 heteroatoms. The molecule has 0 bridgehead atoms. The lowest BCUT2D eigenvalue weighted by Gasteiger charge is -2.31. The van der Waals surface area contributed by atoms with Crippen molar-refractivity contribution in [2.75, 3.05) is 7.05 Å². The molecular formula is C13H22N2O3S. The molecule has 108 valence electrons. The van der Waals surface area contributed by atoms with Crippen LogP contribution in [0.4, 0.5) is 0 Å². The predicted molar refractivity (Wildman–Crippen MR) is 76.9 cm³/mol. The molecule has 0 aromatic carbocycles. The zero-order valence-corrected chi connectivity index (χ0v) is 12.8. The van der Waals surface area contributed by atoms with Crippen molar-refractivity contribution in [3.05, 3.63) is 6.07 Å². The van der Waals surface area contributed by atoms with Gasteiger partial charge in [-0.05, 0) is 34.7 Å². The van der Waals surface area contributed by atoms with Gasteiger partial charge in [0.15, 0.2) is 5.88 Å². The molecule has 1 aromatic heterocycles. The number of likely N-dealkylation sites (N-methyl/N-ethyl adjacent to an activating group) is 1. The Morgan fingerprint density at radius 3 is 2.47 bits per heavy atom. The van der Waals surface area contributed by atoms with Crippen LogP contribution in [0.5, 0.6) is 11.8 Å². The molecule has 0 amide bonds. The van der Waals surface area contributed by atoms with Crippen LogP contribution in [-0.2, 0) is 11.3 Å². The molecule has 1 heterocycles. The minimum atomic E-state index is -0.440. The van der Waals surface area contributed by atoms with Gasteiger partial charge in [0.2, 0.25) is 5.88 Å². The lowest BCUT2D eigenvalue weighted by molar-refractivity contribution is -0.119. The van der Waals surface area contributed by atoms with Gasteiger partial charge in [-0.3, -0.25) is 9.36 Å². The summed E-state index contributed by atoms with van der Waals surface area (Å²) in [5, 5.41) is 22.8. The van der Waals surface area contributed by atoms with Crippen molar-refractivity contribution in [3.63, 3.8) is 0 Å². The van der Waals surface area contributed by atoms with Crippen LogP contribution in [0.25, 0.3) is 0 Å². The van der Waals surface area contributed by atoms with E-state index in [2.05, 4.69) is 5.32 Å². The first-order chi connectivity index (χ1) is 8.74. The summed E-state index contributed by atoms with van der Waals surface area (Å²) >= 11 is 1.37. The fourth-order valence-electron chi connectivity index (χ4n) is 2.27. The largest absolute Gasteiger partial charge is 0.494 e. The summed E-state index contributed by atoms with van der Waals surface area (Å²) in [5.74, 6) is 0.109. The highest BCUT2D eigenvalue weighted by atomic mass is 32.2. The third-order valence-electron chi connectivity index (χ3n) is 3.09. The zero-order valence-electron chi connectivity index (χ0n) is 12.0. The van der Waals surface area contributed by atoms with Gasteiger partial charge in [0.1, 0.15) is 5.78 Å². The molecule has 1 unspecified atom stereocenters. The number of carbonyl (C=O) groups is 1. The number of carbonyl (C=O) groups excluding carboxylic acids is 1. The average molecular weight is 286 g/mol. The first-order valence-corrected chi connectivity index (χ1v) is 7.04. The molecule has 0 aliphatic rings. The van der Waals surface area contributed by atoms with Crippen molar-refractivity contribution < 1.29 is 15.0 Å². The second kappa shape index (κ2) is 5.88. The normalized spacial score (nSPS) is 13.5. The summed E-state index contributed by atoms with van der Waals surface area (Å²) in [7, 11) is 1.74. The Hall–Kier alpha value is -1.14. The summed E-state index contributed by atoms with van der Waals surface area (Å²) in [4.78, 5) is 12.2. The zero-order chi connectivity index (χ0) is 14.8. The number of rotatable bonds is 6. The van der Waals surface area contributed by atoms with Gasteiger partial charge in [-0.15, -0.1) is 11.8 Å². The van der Waals surface area contributed by atoms with Crippen molar-refractivity contribution in [1.82, 2.24) is 9.88 Å². The molecule has 0 spiro atoms. The predicted octanol–water partition coefficient (Wildman–Crippen LogP) is 1.97. The summed E-state index contributed by atoms with van der Waals surface area (Å²) in [6.45, 7) is 7.73. The summed E-state index contributed by atoms with van der Waals surface area (Å²) < 4.78 is 0.977. The number of aromatic nitrogens is 1. The lowest BCUT2D eigenvalue weighted by Crippen LogP contribution is -2.47. The second-order valence-corrected chi connectivity index (χ2v) is 6.67. The van der Waals surface area contributed by atoms with Crippen LogP contribution in [0.2, 0.25) is 0 Å². The average Bonchev–Trinajstić information content (AvgIpc) is 2.52. The van der Waals surface area contributed by atoms with Gasteiger partial charge < -0.3 is 15.5 Å². The van der Waals surface area contributed by atoms with E-state index in [9.17, 15) is 15.0 Å². The van der Waals surface area contributed by atoms with Crippen LogP contribution >= 0.6 is 11.8 Å². The summed E-state index contributed by atoms with van der Waals surface area (Å²) in [5.41, 5.74) is 0. The van der Waals surface area contributed by atoms with Crippen molar-refractivity contribution >= 4 is 17.5 Å². The molecule has 1 atom stereocenters. The monoisotopic (exact) mass is 286 g/mol. The van der Waals surface area contributed by atoms with Crippen molar-refractivity contribution in [2.45, 2.75) is 49.9 Å². The molecule has 0 saturated heterocycles. The Bertz CT molecular complexity index is 469. The van der Waals surface area contributed by atoms with Gasteiger partial charge in [-0.2, -0.15) is 0 Å². The quantitative estimate of drug-likeness (QED) is 0.697. The van der Waals surface area contributed by atoms with Gasteiger partial charge in [-0.25, -0.2) is 0 Å². The molecule has 19 heavy (non-hydrogen) atoms. The molecule has 0 aliphatic carbocycles. The standard InChI is InChI=1S/C13H22N2O3S/c1-6-15-10(17)7-9(12(15)18)19-13(3,4)11(14-5)8(2)16/h7,11,14,17-18H,6H2,1-5H3. The van der Waals surface area contributed by atoms with Crippen LogP contribution in [-0.4, -0.2) is 38.4 Å².